The van der Waals surface area contributed by atoms with Gasteiger partial charge >= 0.3 is 0 Å². The van der Waals surface area contributed by atoms with Gasteiger partial charge in [0.1, 0.15) is 5.82 Å². The third-order valence-corrected chi connectivity index (χ3v) is 6.38. The van der Waals surface area contributed by atoms with Crippen LogP contribution in [0.15, 0.2) is 47.4 Å². The average Bonchev–Trinajstić information content (AvgIpc) is 3.00. The maximum Gasteiger partial charge on any atom is 0.251 e. The van der Waals surface area contributed by atoms with Gasteiger partial charge in [0.2, 0.25) is 0 Å². The molecule has 0 bridgehead atoms. The second kappa shape index (κ2) is 7.52. The number of sulfone groups is 1. The van der Waals surface area contributed by atoms with E-state index in [4.69, 9.17) is 0 Å². The molecule has 0 fully saturated rings. The van der Waals surface area contributed by atoms with E-state index in [2.05, 4.69) is 21.8 Å². The minimum Gasteiger partial charge on any atom is -0.348 e. The molecule has 0 saturated heterocycles. The van der Waals surface area contributed by atoms with E-state index in [-0.39, 0.29) is 11.7 Å². The number of aryl methyl sites for hydroxylation is 2. The molecule has 3 rings (SSSR count). The molecule has 142 valence electrons. The number of benzene rings is 2. The van der Waals surface area contributed by atoms with Gasteiger partial charge in [0.15, 0.2) is 9.84 Å². The SMILES string of the molecule is CCn1c(C)nc2cc(C(=O)NCc3ccc(S(=O)(=O)CC)cc3)ccc21. The number of carbonyl (C=O) groups excluding carboxylic acids is 1. The maximum atomic E-state index is 12.5. The second-order valence-electron chi connectivity index (χ2n) is 6.34. The lowest BCUT2D eigenvalue weighted by molar-refractivity contribution is 0.0951. The molecular formula is C20H23N3O3S. The molecule has 0 radical (unpaired) electrons. The van der Waals surface area contributed by atoms with Crippen LogP contribution in [-0.4, -0.2) is 29.6 Å². The molecule has 0 atom stereocenters. The molecule has 0 aliphatic rings. The van der Waals surface area contributed by atoms with E-state index in [0.717, 1.165) is 29.0 Å². The summed E-state index contributed by atoms with van der Waals surface area (Å²) in [7, 11) is -3.21. The van der Waals surface area contributed by atoms with Crippen molar-refractivity contribution < 1.29 is 13.2 Å². The number of rotatable bonds is 6. The maximum absolute atomic E-state index is 12.5. The zero-order chi connectivity index (χ0) is 19.6. The van der Waals surface area contributed by atoms with Gasteiger partial charge in [-0.25, -0.2) is 13.4 Å². The first-order valence-corrected chi connectivity index (χ1v) is 10.6. The number of nitrogens with zero attached hydrogens (tertiary/aromatic N) is 2. The van der Waals surface area contributed by atoms with Crippen LogP contribution in [0.1, 0.15) is 35.6 Å². The van der Waals surface area contributed by atoms with Crippen molar-refractivity contribution in [3.05, 3.63) is 59.4 Å². The van der Waals surface area contributed by atoms with Gasteiger partial charge in [-0.3, -0.25) is 4.79 Å². The van der Waals surface area contributed by atoms with Gasteiger partial charge in [0.05, 0.1) is 21.7 Å². The molecule has 0 saturated carbocycles. The molecule has 6 nitrogen and oxygen atoms in total. The number of aromatic nitrogens is 2. The summed E-state index contributed by atoms with van der Waals surface area (Å²) in [6, 6.07) is 12.1. The molecule has 3 aromatic rings. The monoisotopic (exact) mass is 385 g/mol. The summed E-state index contributed by atoms with van der Waals surface area (Å²) in [4.78, 5) is 17.3. The Kier molecular flexibility index (Phi) is 5.32. The van der Waals surface area contributed by atoms with E-state index in [1.807, 2.05) is 13.0 Å². The van der Waals surface area contributed by atoms with Gasteiger partial charge in [0, 0.05) is 18.7 Å². The number of fused-ring (bicyclic) bond motifs is 1. The highest BCUT2D eigenvalue weighted by molar-refractivity contribution is 7.91. The van der Waals surface area contributed by atoms with Gasteiger partial charge < -0.3 is 9.88 Å². The first kappa shape index (κ1) is 19.1. The third kappa shape index (κ3) is 3.88. The molecule has 1 aromatic heterocycles. The number of carbonyl (C=O) groups is 1. The van der Waals surface area contributed by atoms with Gasteiger partial charge in [-0.05, 0) is 49.7 Å². The minimum atomic E-state index is -3.21. The fraction of sp³-hybridized carbons (Fsp3) is 0.300. The highest BCUT2D eigenvalue weighted by Crippen LogP contribution is 2.18. The lowest BCUT2D eigenvalue weighted by Crippen LogP contribution is -2.22. The van der Waals surface area contributed by atoms with Gasteiger partial charge in [-0.15, -0.1) is 0 Å². The van der Waals surface area contributed by atoms with Crippen molar-refractivity contribution in [1.29, 1.82) is 0 Å². The van der Waals surface area contributed by atoms with Crippen molar-refractivity contribution in [2.75, 3.05) is 5.75 Å². The lowest BCUT2D eigenvalue weighted by atomic mass is 10.1. The smallest absolute Gasteiger partial charge is 0.251 e. The predicted octanol–water partition coefficient (Wildman–Crippen LogP) is 3.09. The Hall–Kier alpha value is -2.67. The minimum absolute atomic E-state index is 0.0683. The molecule has 2 aromatic carbocycles. The van der Waals surface area contributed by atoms with E-state index < -0.39 is 9.84 Å². The predicted molar refractivity (Wildman–Crippen MR) is 105 cm³/mol. The Morgan fingerprint density at radius 2 is 1.81 bits per heavy atom. The number of nitrogens with one attached hydrogen (secondary N) is 1. The van der Waals surface area contributed by atoms with Crippen LogP contribution < -0.4 is 5.32 Å². The van der Waals surface area contributed by atoms with Crippen LogP contribution in [0.3, 0.4) is 0 Å². The number of imidazole rings is 1. The van der Waals surface area contributed by atoms with Gasteiger partial charge in [-0.2, -0.15) is 0 Å². The fourth-order valence-corrected chi connectivity index (χ4v) is 3.94. The highest BCUT2D eigenvalue weighted by Gasteiger charge is 2.12. The third-order valence-electron chi connectivity index (χ3n) is 4.63. The van der Waals surface area contributed by atoms with Crippen molar-refractivity contribution in [2.45, 2.75) is 38.8 Å². The van der Waals surface area contributed by atoms with E-state index in [9.17, 15) is 13.2 Å². The molecule has 27 heavy (non-hydrogen) atoms. The first-order valence-electron chi connectivity index (χ1n) is 8.92. The van der Waals surface area contributed by atoms with Crippen molar-refractivity contribution in [1.82, 2.24) is 14.9 Å². The lowest BCUT2D eigenvalue weighted by Gasteiger charge is -2.07. The molecule has 1 N–H and O–H groups in total. The number of amides is 1. The summed E-state index contributed by atoms with van der Waals surface area (Å²) in [6.45, 7) is 6.78. The summed E-state index contributed by atoms with van der Waals surface area (Å²) >= 11 is 0. The van der Waals surface area contributed by atoms with Crippen LogP contribution in [0.5, 0.6) is 0 Å². The van der Waals surface area contributed by atoms with Crippen LogP contribution in [-0.2, 0) is 22.9 Å². The van der Waals surface area contributed by atoms with E-state index >= 15 is 0 Å². The van der Waals surface area contributed by atoms with Crippen LogP contribution in [0.25, 0.3) is 11.0 Å². The summed E-state index contributed by atoms with van der Waals surface area (Å²) in [6.07, 6.45) is 0. The summed E-state index contributed by atoms with van der Waals surface area (Å²) in [5, 5.41) is 2.86. The standard InChI is InChI=1S/C20H23N3O3S/c1-4-23-14(3)22-18-12-16(8-11-19(18)23)20(24)21-13-15-6-9-17(10-7-15)27(25,26)5-2/h6-12H,4-5,13H2,1-3H3,(H,21,24). The number of hydrogen-bond donors (Lipinski definition) is 1. The highest BCUT2D eigenvalue weighted by atomic mass is 32.2. The molecule has 0 unspecified atom stereocenters. The van der Waals surface area contributed by atoms with E-state index in [1.165, 1.54) is 0 Å². The topological polar surface area (TPSA) is 81.1 Å². The van der Waals surface area contributed by atoms with Crippen molar-refractivity contribution in [2.24, 2.45) is 0 Å². The van der Waals surface area contributed by atoms with Crippen molar-refractivity contribution >= 4 is 26.8 Å². The zero-order valence-corrected chi connectivity index (χ0v) is 16.5. The quantitative estimate of drug-likeness (QED) is 0.707. The van der Waals surface area contributed by atoms with Crippen LogP contribution in [0, 0.1) is 6.92 Å². The Morgan fingerprint density at radius 3 is 2.44 bits per heavy atom. The molecule has 0 aliphatic carbocycles. The largest absolute Gasteiger partial charge is 0.348 e. The van der Waals surface area contributed by atoms with E-state index in [1.54, 1.807) is 43.3 Å². The van der Waals surface area contributed by atoms with Crippen molar-refractivity contribution in [3.63, 3.8) is 0 Å². The fourth-order valence-electron chi connectivity index (χ4n) is 3.06. The second-order valence-corrected chi connectivity index (χ2v) is 8.62. The van der Waals surface area contributed by atoms with Crippen LogP contribution in [0.4, 0.5) is 0 Å². The Morgan fingerprint density at radius 1 is 1.11 bits per heavy atom. The summed E-state index contributed by atoms with van der Waals surface area (Å²) < 4.78 is 25.8. The first-order chi connectivity index (χ1) is 12.9. The molecule has 0 aliphatic heterocycles. The summed E-state index contributed by atoms with van der Waals surface area (Å²) in [5.41, 5.74) is 3.20. The molecule has 1 heterocycles. The normalized spacial score (nSPS) is 11.7. The van der Waals surface area contributed by atoms with Gasteiger partial charge in [0.25, 0.3) is 5.91 Å². The van der Waals surface area contributed by atoms with Crippen LogP contribution >= 0.6 is 0 Å². The average molecular weight is 385 g/mol. The van der Waals surface area contributed by atoms with Crippen molar-refractivity contribution in [3.8, 4) is 0 Å². The van der Waals surface area contributed by atoms with Gasteiger partial charge in [-0.1, -0.05) is 19.1 Å². The molecule has 0 spiro atoms. The van der Waals surface area contributed by atoms with E-state index in [0.29, 0.717) is 17.0 Å². The Balaban J connectivity index is 1.71. The Bertz CT molecular complexity index is 1080. The Labute approximate surface area is 159 Å². The molecular weight excluding hydrogens is 362 g/mol. The zero-order valence-electron chi connectivity index (χ0n) is 15.7. The number of hydrogen-bond acceptors (Lipinski definition) is 4. The summed E-state index contributed by atoms with van der Waals surface area (Å²) in [5.74, 6) is 0.803. The molecule has 1 amide bonds. The molecule has 7 heteroatoms. The van der Waals surface area contributed by atoms with Crippen LogP contribution in [0.2, 0.25) is 0 Å².